The molecule has 2 aromatic carbocycles. The zero-order chi connectivity index (χ0) is 23.8. The van der Waals surface area contributed by atoms with E-state index in [1.54, 1.807) is 0 Å². The fourth-order valence-electron chi connectivity index (χ4n) is 4.98. The van der Waals surface area contributed by atoms with Crippen molar-refractivity contribution in [2.75, 3.05) is 5.73 Å². The summed E-state index contributed by atoms with van der Waals surface area (Å²) in [5.74, 6) is 0.245. The number of aromatic nitrogens is 3. The molecule has 1 aliphatic rings. The molecule has 0 atom stereocenters. The van der Waals surface area contributed by atoms with Crippen LogP contribution < -0.4 is 16.6 Å². The van der Waals surface area contributed by atoms with E-state index in [0.29, 0.717) is 34.9 Å². The Bertz CT molecular complexity index is 1430. The Morgan fingerprint density at radius 1 is 1.15 bits per heavy atom. The van der Waals surface area contributed by atoms with Gasteiger partial charge in [-0.1, -0.05) is 54.8 Å². The second kappa shape index (κ2) is 8.82. The normalized spacial score (nSPS) is 14.1. The number of amides is 1. The highest BCUT2D eigenvalue weighted by molar-refractivity contribution is 6.02. The molecule has 0 bridgehead atoms. The lowest BCUT2D eigenvalue weighted by Crippen LogP contribution is -2.23. The van der Waals surface area contributed by atoms with E-state index in [0.717, 1.165) is 40.7 Å². The molecule has 0 spiro atoms. The number of nitrogens with zero attached hydrogens (tertiary/aromatic N) is 2. The van der Waals surface area contributed by atoms with Crippen LogP contribution in [-0.2, 0) is 6.54 Å². The van der Waals surface area contributed by atoms with Gasteiger partial charge in [0.2, 0.25) is 0 Å². The maximum atomic E-state index is 12.7. The number of nitrogens with two attached hydrogens (primary N) is 1. The monoisotopic (exact) mass is 455 g/mol. The van der Waals surface area contributed by atoms with Gasteiger partial charge in [0.25, 0.3) is 11.5 Å². The van der Waals surface area contributed by atoms with Gasteiger partial charge < -0.3 is 15.6 Å². The molecule has 0 saturated heterocycles. The lowest BCUT2D eigenvalue weighted by atomic mass is 10.0. The van der Waals surface area contributed by atoms with E-state index in [2.05, 4.69) is 20.1 Å². The second-order valence-corrected chi connectivity index (χ2v) is 9.25. The van der Waals surface area contributed by atoms with Crippen LogP contribution in [0.1, 0.15) is 58.8 Å². The van der Waals surface area contributed by atoms with E-state index in [9.17, 15) is 9.59 Å². The Morgan fingerprint density at radius 3 is 2.62 bits per heavy atom. The molecule has 1 fully saturated rings. The van der Waals surface area contributed by atoms with Crippen LogP contribution in [0.25, 0.3) is 22.0 Å². The summed E-state index contributed by atoms with van der Waals surface area (Å²) < 4.78 is 2.09. The molecule has 5 rings (SSSR count). The number of nitrogen functional groups attached to an aromatic ring is 1. The fourth-order valence-corrected chi connectivity index (χ4v) is 4.98. The second-order valence-electron chi connectivity index (χ2n) is 9.25. The van der Waals surface area contributed by atoms with Gasteiger partial charge in [0.15, 0.2) is 5.82 Å². The van der Waals surface area contributed by atoms with E-state index >= 15 is 0 Å². The van der Waals surface area contributed by atoms with E-state index in [4.69, 9.17) is 5.73 Å². The number of anilines is 1. The largest absolute Gasteiger partial charge is 0.382 e. The average molecular weight is 456 g/mol. The molecule has 1 aliphatic carbocycles. The quantitative estimate of drug-likeness (QED) is 0.408. The minimum absolute atomic E-state index is 0.0806. The van der Waals surface area contributed by atoms with Crippen molar-refractivity contribution >= 4 is 22.6 Å². The maximum absolute atomic E-state index is 12.7. The van der Waals surface area contributed by atoms with Crippen LogP contribution in [0.2, 0.25) is 0 Å². The van der Waals surface area contributed by atoms with Crippen molar-refractivity contribution in [3.05, 3.63) is 81.3 Å². The van der Waals surface area contributed by atoms with E-state index in [-0.39, 0.29) is 11.5 Å². The van der Waals surface area contributed by atoms with Crippen molar-refractivity contribution in [3.63, 3.8) is 0 Å². The number of hydrogen-bond acceptors (Lipinski definition) is 4. The Hall–Kier alpha value is -3.87. The summed E-state index contributed by atoms with van der Waals surface area (Å²) >= 11 is 0. The predicted molar refractivity (Wildman–Crippen MR) is 135 cm³/mol. The van der Waals surface area contributed by atoms with Gasteiger partial charge in [0.1, 0.15) is 5.52 Å². The van der Waals surface area contributed by atoms with Crippen LogP contribution in [0.4, 0.5) is 5.82 Å². The first-order valence-corrected chi connectivity index (χ1v) is 11.8. The molecule has 0 radical (unpaired) electrons. The van der Waals surface area contributed by atoms with Gasteiger partial charge >= 0.3 is 0 Å². The van der Waals surface area contributed by atoms with Gasteiger partial charge in [0.05, 0.1) is 5.39 Å². The Labute approximate surface area is 198 Å². The van der Waals surface area contributed by atoms with E-state index < -0.39 is 0 Å². The van der Waals surface area contributed by atoms with Crippen molar-refractivity contribution in [1.29, 1.82) is 0 Å². The number of carbonyl (C=O) groups excluding carboxylic acids is 1. The number of nitrogens with one attached hydrogen (secondary N) is 2. The summed E-state index contributed by atoms with van der Waals surface area (Å²) in [6.45, 7) is 4.35. The lowest BCUT2D eigenvalue weighted by molar-refractivity contribution is 0.0950. The van der Waals surface area contributed by atoms with Crippen LogP contribution in [0.15, 0.2) is 53.5 Å². The van der Waals surface area contributed by atoms with Crippen LogP contribution >= 0.6 is 0 Å². The molecule has 4 aromatic rings. The number of rotatable bonds is 5. The number of aryl methyl sites for hydroxylation is 2. The van der Waals surface area contributed by atoms with Crippen molar-refractivity contribution in [2.24, 2.45) is 0 Å². The minimum atomic E-state index is -0.215. The smallest absolute Gasteiger partial charge is 0.288 e. The highest BCUT2D eigenvalue weighted by atomic mass is 16.1. The van der Waals surface area contributed by atoms with Crippen LogP contribution in [-0.4, -0.2) is 20.7 Å². The predicted octanol–water partition coefficient (Wildman–Crippen LogP) is 4.64. The third kappa shape index (κ3) is 3.98. The van der Waals surface area contributed by atoms with Gasteiger partial charge in [-0.2, -0.15) is 5.10 Å². The van der Waals surface area contributed by atoms with Gasteiger partial charge in [-0.25, -0.2) is 5.10 Å². The van der Waals surface area contributed by atoms with Crippen LogP contribution in [0.5, 0.6) is 0 Å². The zero-order valence-electron chi connectivity index (χ0n) is 19.5. The first kappa shape index (κ1) is 21.9. The van der Waals surface area contributed by atoms with Crippen molar-refractivity contribution in [3.8, 4) is 11.1 Å². The summed E-state index contributed by atoms with van der Waals surface area (Å²) in [6, 6.07) is 14.2. The average Bonchev–Trinajstić information content (AvgIpc) is 3.50. The fraction of sp³-hybridized carbons (Fsp3) is 0.296. The number of aromatic amines is 1. The molecule has 7 heteroatoms. The van der Waals surface area contributed by atoms with Crippen LogP contribution in [0, 0.1) is 13.8 Å². The molecule has 1 saturated carbocycles. The highest BCUT2D eigenvalue weighted by Gasteiger charge is 2.24. The molecule has 34 heavy (non-hydrogen) atoms. The molecule has 1 amide bonds. The van der Waals surface area contributed by atoms with Gasteiger partial charge in [-0.05, 0) is 49.4 Å². The number of H-pyrrole nitrogens is 1. The van der Waals surface area contributed by atoms with Gasteiger partial charge in [0, 0.05) is 29.9 Å². The minimum Gasteiger partial charge on any atom is -0.382 e. The Morgan fingerprint density at radius 2 is 1.88 bits per heavy atom. The molecule has 2 heterocycles. The van der Waals surface area contributed by atoms with E-state index in [1.807, 2.05) is 62.5 Å². The molecular weight excluding hydrogens is 426 g/mol. The molecule has 7 nitrogen and oxygen atoms in total. The van der Waals surface area contributed by atoms with Crippen molar-refractivity contribution in [1.82, 2.24) is 20.1 Å². The standard InChI is InChI=1S/C27H29N5O2/c1-16-7-8-17(2)21(13-16)26(33)29-14-18-9-11-19(12-10-18)22-15-32(20-5-3-4-6-20)24-23(22)25(28)30-31-27(24)34/h7-13,15,20H,3-6,14H2,1-2H3,(H2,28,30)(H,29,33)(H,31,34). The SMILES string of the molecule is Cc1ccc(C)c(C(=O)NCc2ccc(-c3cn(C4CCCC4)c4c(=O)[nH]nc(N)c34)cc2)c1. The maximum Gasteiger partial charge on any atom is 0.288 e. The Balaban J connectivity index is 1.42. The molecule has 0 aliphatic heterocycles. The Kier molecular flexibility index (Phi) is 5.69. The van der Waals surface area contributed by atoms with Crippen molar-refractivity contribution in [2.45, 2.75) is 52.1 Å². The summed E-state index contributed by atoms with van der Waals surface area (Å²) in [6.07, 6.45) is 6.50. The van der Waals surface area contributed by atoms with Gasteiger partial charge in [-0.3, -0.25) is 9.59 Å². The summed E-state index contributed by atoms with van der Waals surface area (Å²) in [5, 5.41) is 10.3. The first-order valence-electron chi connectivity index (χ1n) is 11.8. The third-order valence-electron chi connectivity index (χ3n) is 6.86. The van der Waals surface area contributed by atoms with Crippen molar-refractivity contribution < 1.29 is 4.79 Å². The van der Waals surface area contributed by atoms with E-state index in [1.165, 1.54) is 12.8 Å². The molecular formula is C27H29N5O2. The highest BCUT2D eigenvalue weighted by Crippen LogP contribution is 2.38. The number of fused-ring (bicyclic) bond motifs is 1. The summed E-state index contributed by atoms with van der Waals surface area (Å²) in [5.41, 5.74) is 12.2. The molecule has 0 unspecified atom stereocenters. The first-order chi connectivity index (χ1) is 16.4. The van der Waals surface area contributed by atoms with Crippen LogP contribution in [0.3, 0.4) is 0 Å². The molecule has 174 valence electrons. The number of hydrogen-bond donors (Lipinski definition) is 3. The third-order valence-corrected chi connectivity index (χ3v) is 6.86. The summed E-state index contributed by atoms with van der Waals surface area (Å²) in [7, 11) is 0. The molecule has 4 N–H and O–H groups in total. The van der Waals surface area contributed by atoms with Gasteiger partial charge in [-0.15, -0.1) is 0 Å². The topological polar surface area (TPSA) is 106 Å². The molecule has 2 aromatic heterocycles. The zero-order valence-corrected chi connectivity index (χ0v) is 19.5. The number of benzene rings is 2. The summed E-state index contributed by atoms with van der Waals surface area (Å²) in [4.78, 5) is 25.3. The number of carbonyl (C=O) groups is 1. The lowest BCUT2D eigenvalue weighted by Gasteiger charge is -2.12.